The highest BCUT2D eigenvalue weighted by atomic mass is 16.6. The third kappa shape index (κ3) is 5.68. The number of benzene rings is 1. The van der Waals surface area contributed by atoms with E-state index >= 15 is 0 Å². The Bertz CT molecular complexity index is 462. The van der Waals surface area contributed by atoms with E-state index in [4.69, 9.17) is 4.74 Å². The highest BCUT2D eigenvalue weighted by Crippen LogP contribution is 2.19. The van der Waals surface area contributed by atoms with Crippen LogP contribution in [-0.4, -0.2) is 24.3 Å². The third-order valence-corrected chi connectivity index (χ3v) is 3.86. The zero-order valence-electron chi connectivity index (χ0n) is 13.9. The van der Waals surface area contributed by atoms with Crippen LogP contribution < -0.4 is 10.6 Å². The molecule has 1 aliphatic rings. The van der Waals surface area contributed by atoms with Crippen LogP contribution in [-0.2, 0) is 4.74 Å². The SMILES string of the molecule is CC(C)(C)OC(=O)NC(CNC1CCCC1)c1ccccc1. The van der Waals surface area contributed by atoms with Gasteiger partial charge in [0, 0.05) is 12.6 Å². The fourth-order valence-electron chi connectivity index (χ4n) is 2.80. The largest absolute Gasteiger partial charge is 0.444 e. The second-order valence-corrected chi connectivity index (χ2v) is 7.00. The van der Waals surface area contributed by atoms with E-state index < -0.39 is 5.60 Å². The molecule has 0 aromatic heterocycles. The van der Waals surface area contributed by atoms with Crippen molar-refractivity contribution in [1.82, 2.24) is 10.6 Å². The molecule has 0 radical (unpaired) electrons. The second-order valence-electron chi connectivity index (χ2n) is 7.00. The van der Waals surface area contributed by atoms with Gasteiger partial charge in [-0.15, -0.1) is 0 Å². The molecule has 0 aliphatic heterocycles. The number of hydrogen-bond donors (Lipinski definition) is 2. The van der Waals surface area contributed by atoms with Crippen LogP contribution in [0.1, 0.15) is 58.1 Å². The first kappa shape index (κ1) is 16.8. The van der Waals surface area contributed by atoms with Crippen molar-refractivity contribution in [2.75, 3.05) is 6.54 Å². The first-order valence-electron chi connectivity index (χ1n) is 8.22. The Balaban J connectivity index is 1.96. The number of amides is 1. The lowest BCUT2D eigenvalue weighted by atomic mass is 10.1. The standard InChI is InChI=1S/C18H28N2O2/c1-18(2,3)22-17(21)20-16(14-9-5-4-6-10-14)13-19-15-11-7-8-12-15/h4-6,9-10,15-16,19H,7-8,11-13H2,1-3H3,(H,20,21). The first-order valence-corrected chi connectivity index (χ1v) is 8.22. The number of carbonyl (C=O) groups excluding carboxylic acids is 1. The quantitative estimate of drug-likeness (QED) is 0.870. The zero-order chi connectivity index (χ0) is 16.0. The Morgan fingerprint density at radius 1 is 1.23 bits per heavy atom. The average molecular weight is 304 g/mol. The molecule has 1 aliphatic carbocycles. The molecule has 1 atom stereocenters. The number of hydrogen-bond acceptors (Lipinski definition) is 3. The van der Waals surface area contributed by atoms with Gasteiger partial charge in [0.2, 0.25) is 0 Å². The number of nitrogens with one attached hydrogen (secondary N) is 2. The van der Waals surface area contributed by atoms with Crippen LogP contribution in [0.3, 0.4) is 0 Å². The maximum Gasteiger partial charge on any atom is 0.408 e. The molecule has 1 aromatic carbocycles. The van der Waals surface area contributed by atoms with Gasteiger partial charge < -0.3 is 15.4 Å². The summed E-state index contributed by atoms with van der Waals surface area (Å²) in [6, 6.07) is 10.6. The number of ether oxygens (including phenoxy) is 1. The fourth-order valence-corrected chi connectivity index (χ4v) is 2.80. The predicted molar refractivity (Wildman–Crippen MR) is 88.8 cm³/mol. The molecule has 4 nitrogen and oxygen atoms in total. The molecule has 0 heterocycles. The molecule has 2 rings (SSSR count). The molecule has 0 bridgehead atoms. The summed E-state index contributed by atoms with van der Waals surface area (Å²) in [5.41, 5.74) is 0.614. The zero-order valence-corrected chi connectivity index (χ0v) is 13.9. The molecule has 22 heavy (non-hydrogen) atoms. The van der Waals surface area contributed by atoms with Crippen molar-refractivity contribution in [3.8, 4) is 0 Å². The molecule has 1 fully saturated rings. The summed E-state index contributed by atoms with van der Waals surface area (Å²) in [6.45, 7) is 6.36. The van der Waals surface area contributed by atoms with Crippen LogP contribution in [0.25, 0.3) is 0 Å². The van der Waals surface area contributed by atoms with Gasteiger partial charge in [-0.2, -0.15) is 0 Å². The fraction of sp³-hybridized carbons (Fsp3) is 0.611. The minimum Gasteiger partial charge on any atom is -0.444 e. The lowest BCUT2D eigenvalue weighted by molar-refractivity contribution is 0.0502. The molecular weight excluding hydrogens is 276 g/mol. The summed E-state index contributed by atoms with van der Waals surface area (Å²) >= 11 is 0. The lowest BCUT2D eigenvalue weighted by Gasteiger charge is -2.25. The van der Waals surface area contributed by atoms with E-state index in [2.05, 4.69) is 10.6 Å². The molecule has 0 saturated heterocycles. The van der Waals surface area contributed by atoms with Crippen molar-refractivity contribution in [1.29, 1.82) is 0 Å². The lowest BCUT2D eigenvalue weighted by Crippen LogP contribution is -2.41. The first-order chi connectivity index (χ1) is 10.4. The van der Waals surface area contributed by atoms with Crippen molar-refractivity contribution < 1.29 is 9.53 Å². The van der Waals surface area contributed by atoms with Crippen molar-refractivity contribution in [3.05, 3.63) is 35.9 Å². The molecule has 4 heteroatoms. The van der Waals surface area contributed by atoms with Gasteiger partial charge in [-0.1, -0.05) is 43.2 Å². The van der Waals surface area contributed by atoms with Crippen LogP contribution in [0.5, 0.6) is 0 Å². The van der Waals surface area contributed by atoms with E-state index in [0.29, 0.717) is 6.04 Å². The Morgan fingerprint density at radius 2 is 1.86 bits per heavy atom. The smallest absolute Gasteiger partial charge is 0.408 e. The van der Waals surface area contributed by atoms with Crippen molar-refractivity contribution in [2.45, 2.75) is 64.1 Å². The van der Waals surface area contributed by atoms with E-state index in [1.807, 2.05) is 51.1 Å². The van der Waals surface area contributed by atoms with Crippen molar-refractivity contribution in [3.63, 3.8) is 0 Å². The minimum absolute atomic E-state index is 0.0725. The van der Waals surface area contributed by atoms with Gasteiger partial charge in [0.05, 0.1) is 6.04 Å². The molecule has 1 unspecified atom stereocenters. The van der Waals surface area contributed by atoms with Crippen LogP contribution >= 0.6 is 0 Å². The Morgan fingerprint density at radius 3 is 2.45 bits per heavy atom. The average Bonchev–Trinajstić information content (AvgIpc) is 2.95. The Kier molecular flexibility index (Phi) is 5.83. The summed E-state index contributed by atoms with van der Waals surface area (Å²) in [7, 11) is 0. The molecule has 122 valence electrons. The maximum atomic E-state index is 12.1. The van der Waals surface area contributed by atoms with Gasteiger partial charge in [0.15, 0.2) is 0 Å². The predicted octanol–water partition coefficient (Wildman–Crippen LogP) is 3.78. The van der Waals surface area contributed by atoms with Gasteiger partial charge in [0.25, 0.3) is 0 Å². The van der Waals surface area contributed by atoms with E-state index in [9.17, 15) is 4.79 Å². The summed E-state index contributed by atoms with van der Waals surface area (Å²) < 4.78 is 5.38. The van der Waals surface area contributed by atoms with Crippen molar-refractivity contribution >= 4 is 6.09 Å². The van der Waals surface area contributed by atoms with Crippen LogP contribution in [0.2, 0.25) is 0 Å². The normalized spacial score (nSPS) is 17.2. The molecule has 1 aromatic rings. The minimum atomic E-state index is -0.482. The second kappa shape index (κ2) is 7.63. The van der Waals surface area contributed by atoms with E-state index in [1.165, 1.54) is 25.7 Å². The van der Waals surface area contributed by atoms with Crippen molar-refractivity contribution in [2.24, 2.45) is 0 Å². The number of rotatable bonds is 5. The Labute approximate surface area is 133 Å². The summed E-state index contributed by atoms with van der Waals surface area (Å²) in [5, 5.41) is 6.57. The van der Waals surface area contributed by atoms with Crippen LogP contribution in [0.15, 0.2) is 30.3 Å². The van der Waals surface area contributed by atoms with Gasteiger partial charge in [-0.3, -0.25) is 0 Å². The number of carbonyl (C=O) groups is 1. The molecule has 1 saturated carbocycles. The molecule has 1 amide bonds. The van der Waals surface area contributed by atoms with Gasteiger partial charge >= 0.3 is 6.09 Å². The highest BCUT2D eigenvalue weighted by molar-refractivity contribution is 5.68. The summed E-state index contributed by atoms with van der Waals surface area (Å²) in [4.78, 5) is 12.1. The molecule has 0 spiro atoms. The third-order valence-electron chi connectivity index (χ3n) is 3.86. The van der Waals surface area contributed by atoms with Gasteiger partial charge in [-0.05, 0) is 39.2 Å². The van der Waals surface area contributed by atoms with Gasteiger partial charge in [-0.25, -0.2) is 4.79 Å². The summed E-state index contributed by atoms with van der Waals surface area (Å²) in [5.74, 6) is 0. The maximum absolute atomic E-state index is 12.1. The molecule has 2 N–H and O–H groups in total. The topological polar surface area (TPSA) is 50.4 Å². The molecular formula is C18H28N2O2. The Hall–Kier alpha value is -1.55. The van der Waals surface area contributed by atoms with Crippen LogP contribution in [0, 0.1) is 0 Å². The van der Waals surface area contributed by atoms with Crippen LogP contribution in [0.4, 0.5) is 4.79 Å². The highest BCUT2D eigenvalue weighted by Gasteiger charge is 2.22. The van der Waals surface area contributed by atoms with E-state index in [1.54, 1.807) is 0 Å². The van der Waals surface area contributed by atoms with E-state index in [-0.39, 0.29) is 12.1 Å². The number of alkyl carbamates (subject to hydrolysis) is 1. The van der Waals surface area contributed by atoms with E-state index in [0.717, 1.165) is 12.1 Å². The monoisotopic (exact) mass is 304 g/mol. The summed E-state index contributed by atoms with van der Waals surface area (Å²) in [6.07, 6.45) is 4.69. The van der Waals surface area contributed by atoms with Gasteiger partial charge in [0.1, 0.15) is 5.60 Å².